The lowest BCUT2D eigenvalue weighted by Crippen LogP contribution is -2.19. The standard InChI is InChI=1S/C4H3NO2.C2H7O3P/c6-3-1-2-4(7)5-3;1-2-6(3,4)5/h1-2H,(H,5,6,7);2H2,1H3,(H2,3,4,5). The minimum atomic E-state index is -3.65. The molecular weight excluding hydrogens is 197 g/mol. The number of nitrogens with one attached hydrogen (secondary N) is 1. The molecule has 0 saturated heterocycles. The van der Waals surface area contributed by atoms with E-state index in [1.807, 2.05) is 5.32 Å². The first kappa shape index (κ1) is 12.0. The summed E-state index contributed by atoms with van der Waals surface area (Å²) in [7, 11) is -3.65. The Bertz CT molecular complexity index is 263. The van der Waals surface area contributed by atoms with Crippen LogP contribution in [0.25, 0.3) is 0 Å². The van der Waals surface area contributed by atoms with Gasteiger partial charge in [0.05, 0.1) is 0 Å². The third kappa shape index (κ3) is 7.39. The second-order valence-corrected chi connectivity index (χ2v) is 4.13. The van der Waals surface area contributed by atoms with Crippen molar-refractivity contribution in [3.8, 4) is 0 Å². The lowest BCUT2D eigenvalue weighted by Gasteiger charge is -1.92. The summed E-state index contributed by atoms with van der Waals surface area (Å²) < 4.78 is 9.69. The molecule has 6 nitrogen and oxygen atoms in total. The predicted octanol–water partition coefficient (Wildman–Crippen LogP) is -0.617. The van der Waals surface area contributed by atoms with Gasteiger partial charge in [-0.3, -0.25) is 19.5 Å². The highest BCUT2D eigenvalue weighted by molar-refractivity contribution is 7.51. The molecule has 3 N–H and O–H groups in total. The molecule has 74 valence electrons. The minimum Gasteiger partial charge on any atom is -0.324 e. The summed E-state index contributed by atoms with van der Waals surface area (Å²) in [6.07, 6.45) is 2.33. The van der Waals surface area contributed by atoms with Crippen molar-refractivity contribution in [3.05, 3.63) is 12.2 Å². The van der Waals surface area contributed by atoms with Crippen molar-refractivity contribution in [1.82, 2.24) is 5.32 Å². The highest BCUT2D eigenvalue weighted by Gasteiger charge is 2.06. The fraction of sp³-hybridized carbons (Fsp3) is 0.333. The number of carbonyl (C=O) groups excluding carboxylic acids is 2. The second kappa shape index (κ2) is 4.91. The summed E-state index contributed by atoms with van der Waals surface area (Å²) in [6.45, 7) is 1.45. The van der Waals surface area contributed by atoms with Crippen molar-refractivity contribution >= 4 is 19.4 Å². The van der Waals surface area contributed by atoms with E-state index in [4.69, 9.17) is 9.79 Å². The first-order valence-corrected chi connectivity index (χ1v) is 5.22. The van der Waals surface area contributed by atoms with Crippen molar-refractivity contribution in [2.24, 2.45) is 0 Å². The number of hydrogen-bond donors (Lipinski definition) is 3. The first-order chi connectivity index (χ1) is 5.85. The van der Waals surface area contributed by atoms with E-state index in [0.717, 1.165) is 0 Å². The van der Waals surface area contributed by atoms with E-state index < -0.39 is 7.60 Å². The smallest absolute Gasteiger partial charge is 0.324 e. The van der Waals surface area contributed by atoms with Gasteiger partial charge in [-0.1, -0.05) is 6.92 Å². The summed E-state index contributed by atoms with van der Waals surface area (Å²) in [6, 6.07) is 0. The number of carbonyl (C=O) groups is 2. The molecular formula is C6H10NO5P. The zero-order chi connectivity index (χ0) is 10.5. The maximum absolute atomic E-state index is 10.0. The zero-order valence-corrected chi connectivity index (χ0v) is 7.82. The monoisotopic (exact) mass is 207 g/mol. The molecule has 0 saturated carbocycles. The van der Waals surface area contributed by atoms with Crippen LogP contribution in [0.15, 0.2) is 12.2 Å². The molecule has 13 heavy (non-hydrogen) atoms. The maximum Gasteiger partial charge on any atom is 0.325 e. The Labute approximate surface area is 74.8 Å². The lowest BCUT2D eigenvalue weighted by molar-refractivity contribution is -0.123. The molecule has 0 aromatic carbocycles. The molecule has 0 bridgehead atoms. The molecule has 0 aliphatic carbocycles. The van der Waals surface area contributed by atoms with E-state index >= 15 is 0 Å². The quantitative estimate of drug-likeness (QED) is 0.392. The van der Waals surface area contributed by atoms with Crippen molar-refractivity contribution in [2.45, 2.75) is 6.92 Å². The molecule has 0 atom stereocenters. The van der Waals surface area contributed by atoms with Crippen LogP contribution in [-0.4, -0.2) is 27.8 Å². The molecule has 0 radical (unpaired) electrons. The van der Waals surface area contributed by atoms with Gasteiger partial charge in [0, 0.05) is 18.3 Å². The Hall–Kier alpha value is -0.970. The van der Waals surface area contributed by atoms with E-state index in [9.17, 15) is 14.2 Å². The minimum absolute atomic E-state index is 0.0625. The lowest BCUT2D eigenvalue weighted by atomic mass is 10.6. The molecule has 1 aliphatic rings. The summed E-state index contributed by atoms with van der Waals surface area (Å²) in [5.74, 6) is -0.657. The molecule has 0 unspecified atom stereocenters. The van der Waals surface area contributed by atoms with Crippen LogP contribution in [0.1, 0.15) is 6.92 Å². The Kier molecular flexibility index (Phi) is 4.55. The molecule has 0 fully saturated rings. The number of amides is 2. The van der Waals surface area contributed by atoms with Crippen molar-refractivity contribution in [2.75, 3.05) is 6.16 Å². The van der Waals surface area contributed by atoms with E-state index in [2.05, 4.69) is 0 Å². The normalized spacial score (nSPS) is 15.0. The number of rotatable bonds is 1. The third-order valence-electron chi connectivity index (χ3n) is 1.04. The Balaban J connectivity index is 0.000000226. The summed E-state index contributed by atoms with van der Waals surface area (Å²) in [4.78, 5) is 35.9. The molecule has 7 heteroatoms. The van der Waals surface area contributed by atoms with Crippen molar-refractivity contribution in [3.63, 3.8) is 0 Å². The van der Waals surface area contributed by atoms with Gasteiger partial charge in [0.25, 0.3) is 11.8 Å². The molecule has 0 spiro atoms. The van der Waals surface area contributed by atoms with Gasteiger partial charge in [0.2, 0.25) is 0 Å². The summed E-state index contributed by atoms with van der Waals surface area (Å²) in [5, 5.41) is 2.03. The van der Waals surface area contributed by atoms with Crippen LogP contribution in [-0.2, 0) is 14.2 Å². The van der Waals surface area contributed by atoms with Gasteiger partial charge in [0.15, 0.2) is 0 Å². The van der Waals surface area contributed by atoms with E-state index in [-0.39, 0.29) is 18.0 Å². The van der Waals surface area contributed by atoms with Gasteiger partial charge in [-0.05, 0) is 0 Å². The number of hydrogen-bond acceptors (Lipinski definition) is 3. The molecule has 0 aromatic rings. The SMILES string of the molecule is CCP(=O)(O)O.O=C1C=CC(=O)N1. The van der Waals surface area contributed by atoms with E-state index in [1.165, 1.54) is 19.1 Å². The molecule has 1 heterocycles. The highest BCUT2D eigenvalue weighted by Crippen LogP contribution is 2.32. The Morgan fingerprint density at radius 1 is 1.31 bits per heavy atom. The fourth-order valence-electron chi connectivity index (χ4n) is 0.356. The molecule has 2 amide bonds. The zero-order valence-electron chi connectivity index (χ0n) is 6.93. The fourth-order valence-corrected chi connectivity index (χ4v) is 0.356. The number of imide groups is 1. The first-order valence-electron chi connectivity index (χ1n) is 3.42. The van der Waals surface area contributed by atoms with Gasteiger partial charge in [-0.25, -0.2) is 0 Å². The topological polar surface area (TPSA) is 104 Å². The highest BCUT2D eigenvalue weighted by atomic mass is 31.2. The molecule has 0 aromatic heterocycles. The molecule has 1 aliphatic heterocycles. The summed E-state index contributed by atoms with van der Waals surface area (Å²) >= 11 is 0. The van der Waals surface area contributed by atoms with E-state index in [0.29, 0.717) is 0 Å². The summed E-state index contributed by atoms with van der Waals surface area (Å²) in [5.41, 5.74) is 0. The predicted molar refractivity (Wildman–Crippen MR) is 44.9 cm³/mol. The van der Waals surface area contributed by atoms with Crippen LogP contribution in [0.3, 0.4) is 0 Å². The van der Waals surface area contributed by atoms with Crippen molar-refractivity contribution < 1.29 is 23.9 Å². The van der Waals surface area contributed by atoms with Gasteiger partial charge < -0.3 is 9.79 Å². The second-order valence-electron chi connectivity index (χ2n) is 2.17. The van der Waals surface area contributed by atoms with Crippen LogP contribution >= 0.6 is 7.60 Å². The van der Waals surface area contributed by atoms with Crippen LogP contribution in [0.4, 0.5) is 0 Å². The largest absolute Gasteiger partial charge is 0.325 e. The van der Waals surface area contributed by atoms with Crippen molar-refractivity contribution in [1.29, 1.82) is 0 Å². The average Bonchev–Trinajstić information content (AvgIpc) is 2.34. The van der Waals surface area contributed by atoms with Crippen LogP contribution < -0.4 is 5.32 Å². The van der Waals surface area contributed by atoms with E-state index in [1.54, 1.807) is 0 Å². The van der Waals surface area contributed by atoms with Gasteiger partial charge in [-0.15, -0.1) is 0 Å². The van der Waals surface area contributed by atoms with Gasteiger partial charge >= 0.3 is 7.60 Å². The Morgan fingerprint density at radius 3 is 1.69 bits per heavy atom. The van der Waals surface area contributed by atoms with Crippen LogP contribution in [0, 0.1) is 0 Å². The van der Waals surface area contributed by atoms with Crippen LogP contribution in [0.5, 0.6) is 0 Å². The average molecular weight is 207 g/mol. The third-order valence-corrected chi connectivity index (χ3v) is 1.87. The van der Waals surface area contributed by atoms with Crippen LogP contribution in [0.2, 0.25) is 0 Å². The van der Waals surface area contributed by atoms with Gasteiger partial charge in [-0.2, -0.15) is 0 Å². The maximum atomic E-state index is 10.0. The Morgan fingerprint density at radius 2 is 1.62 bits per heavy atom. The van der Waals surface area contributed by atoms with Gasteiger partial charge in [0.1, 0.15) is 0 Å². The molecule has 1 rings (SSSR count).